The van der Waals surface area contributed by atoms with E-state index in [4.69, 9.17) is 0 Å². The first-order chi connectivity index (χ1) is 9.66. The van der Waals surface area contributed by atoms with Gasteiger partial charge in [0, 0.05) is 13.1 Å². The molecule has 118 valence electrons. The minimum Gasteiger partial charge on any atom is -0.393 e. The summed E-state index contributed by atoms with van der Waals surface area (Å²) in [6.07, 6.45) is 0.256. The molecule has 0 amide bonds. The highest BCUT2D eigenvalue weighted by Gasteiger charge is 2.36. The number of aliphatic hydroxyl groups excluding tert-OH is 1. The van der Waals surface area contributed by atoms with Gasteiger partial charge in [0.05, 0.1) is 11.0 Å². The molecule has 1 heterocycles. The van der Waals surface area contributed by atoms with Crippen molar-refractivity contribution >= 4 is 10.0 Å². The average Bonchev–Trinajstić information content (AvgIpc) is 2.87. The standard InChI is InChI=1S/C16H25NO3S/c1-10-8-11(2)13(4)16(12(10)3)21(19,20)17-7-6-15(9-17)14(5)18/h8,14-15,18H,6-7,9H2,1-5H3. The largest absolute Gasteiger partial charge is 0.393 e. The van der Waals surface area contributed by atoms with Crippen molar-refractivity contribution in [2.24, 2.45) is 5.92 Å². The van der Waals surface area contributed by atoms with Crippen LogP contribution in [-0.2, 0) is 10.0 Å². The van der Waals surface area contributed by atoms with Crippen LogP contribution in [0, 0.1) is 33.6 Å². The van der Waals surface area contributed by atoms with Crippen molar-refractivity contribution in [1.82, 2.24) is 4.31 Å². The molecule has 1 N–H and O–H groups in total. The molecule has 2 unspecified atom stereocenters. The van der Waals surface area contributed by atoms with Crippen molar-refractivity contribution in [3.63, 3.8) is 0 Å². The van der Waals surface area contributed by atoms with Crippen LogP contribution in [0.25, 0.3) is 0 Å². The van der Waals surface area contributed by atoms with Crippen LogP contribution in [-0.4, -0.2) is 37.0 Å². The summed E-state index contributed by atoms with van der Waals surface area (Å²) in [6, 6.07) is 2.03. The molecule has 1 aliphatic heterocycles. The number of hydrogen-bond acceptors (Lipinski definition) is 3. The molecule has 21 heavy (non-hydrogen) atoms. The summed E-state index contributed by atoms with van der Waals surface area (Å²) >= 11 is 0. The van der Waals surface area contributed by atoms with Crippen LogP contribution < -0.4 is 0 Å². The lowest BCUT2D eigenvalue weighted by molar-refractivity contribution is 0.133. The number of benzene rings is 1. The topological polar surface area (TPSA) is 57.6 Å². The maximum Gasteiger partial charge on any atom is 0.243 e. The van der Waals surface area contributed by atoms with E-state index in [2.05, 4.69) is 0 Å². The van der Waals surface area contributed by atoms with Gasteiger partial charge in [-0.1, -0.05) is 6.07 Å². The zero-order valence-corrected chi connectivity index (χ0v) is 14.3. The highest BCUT2D eigenvalue weighted by molar-refractivity contribution is 7.89. The maximum atomic E-state index is 13.0. The second kappa shape index (κ2) is 5.71. The number of rotatable bonds is 3. The number of sulfonamides is 1. The van der Waals surface area contributed by atoms with Crippen molar-refractivity contribution in [2.75, 3.05) is 13.1 Å². The van der Waals surface area contributed by atoms with E-state index >= 15 is 0 Å². The van der Waals surface area contributed by atoms with Gasteiger partial charge in [0.1, 0.15) is 0 Å². The highest BCUT2D eigenvalue weighted by Crippen LogP contribution is 2.32. The number of aliphatic hydroxyl groups is 1. The van der Waals surface area contributed by atoms with Gasteiger partial charge in [-0.3, -0.25) is 0 Å². The molecule has 1 aromatic carbocycles. The minimum absolute atomic E-state index is 0.0336. The third-order valence-electron chi connectivity index (χ3n) is 4.76. The molecular weight excluding hydrogens is 286 g/mol. The van der Waals surface area contributed by atoms with Gasteiger partial charge in [-0.05, 0) is 69.2 Å². The summed E-state index contributed by atoms with van der Waals surface area (Å²) in [5.74, 6) is 0.0336. The van der Waals surface area contributed by atoms with E-state index in [0.717, 1.165) is 28.7 Å². The molecule has 1 aromatic rings. The van der Waals surface area contributed by atoms with E-state index in [1.54, 1.807) is 6.92 Å². The molecule has 2 rings (SSSR count). The second-order valence-corrected chi connectivity index (χ2v) is 8.12. The lowest BCUT2D eigenvalue weighted by Crippen LogP contribution is -2.31. The number of hydrogen-bond donors (Lipinski definition) is 1. The van der Waals surface area contributed by atoms with Crippen molar-refractivity contribution < 1.29 is 13.5 Å². The smallest absolute Gasteiger partial charge is 0.243 e. The zero-order valence-electron chi connectivity index (χ0n) is 13.5. The van der Waals surface area contributed by atoms with Crippen LogP contribution >= 0.6 is 0 Å². The van der Waals surface area contributed by atoms with Crippen LogP contribution in [0.4, 0.5) is 0 Å². The van der Waals surface area contributed by atoms with Gasteiger partial charge in [0.15, 0.2) is 0 Å². The number of aryl methyl sites for hydroxylation is 2. The first kappa shape index (κ1) is 16.5. The maximum absolute atomic E-state index is 13.0. The van der Waals surface area contributed by atoms with Gasteiger partial charge in [0.2, 0.25) is 10.0 Å². The Morgan fingerprint density at radius 1 is 1.19 bits per heavy atom. The van der Waals surface area contributed by atoms with E-state index in [9.17, 15) is 13.5 Å². The summed E-state index contributed by atoms with van der Waals surface area (Å²) in [7, 11) is -3.49. The van der Waals surface area contributed by atoms with Crippen molar-refractivity contribution in [3.8, 4) is 0 Å². The SMILES string of the molecule is Cc1cc(C)c(C)c(S(=O)(=O)N2CCC(C(C)O)C2)c1C. The molecular formula is C16H25NO3S. The van der Waals surface area contributed by atoms with Gasteiger partial charge >= 0.3 is 0 Å². The predicted octanol–water partition coefficient (Wildman–Crippen LogP) is 2.31. The Balaban J connectivity index is 2.47. The average molecular weight is 311 g/mol. The molecule has 0 saturated carbocycles. The molecule has 1 saturated heterocycles. The highest BCUT2D eigenvalue weighted by atomic mass is 32.2. The van der Waals surface area contributed by atoms with Gasteiger partial charge in [0.25, 0.3) is 0 Å². The van der Waals surface area contributed by atoms with Gasteiger partial charge in [-0.15, -0.1) is 0 Å². The molecule has 0 aromatic heterocycles. The molecule has 0 bridgehead atoms. The first-order valence-corrected chi connectivity index (χ1v) is 8.86. The summed E-state index contributed by atoms with van der Waals surface area (Å²) in [4.78, 5) is 0.450. The normalized spacial score (nSPS) is 21.7. The molecule has 1 aliphatic rings. The summed E-state index contributed by atoms with van der Waals surface area (Å²) < 4.78 is 27.5. The first-order valence-electron chi connectivity index (χ1n) is 7.42. The molecule has 0 radical (unpaired) electrons. The van der Waals surface area contributed by atoms with Crippen molar-refractivity contribution in [3.05, 3.63) is 28.3 Å². The molecule has 4 nitrogen and oxygen atoms in total. The minimum atomic E-state index is -3.49. The Hall–Kier alpha value is -0.910. The molecule has 2 atom stereocenters. The van der Waals surface area contributed by atoms with Crippen LogP contribution in [0.5, 0.6) is 0 Å². The van der Waals surface area contributed by atoms with Crippen molar-refractivity contribution in [1.29, 1.82) is 0 Å². The lowest BCUT2D eigenvalue weighted by Gasteiger charge is -2.22. The molecule has 0 aliphatic carbocycles. The van der Waals surface area contributed by atoms with Gasteiger partial charge < -0.3 is 5.11 Å². The molecule has 0 spiro atoms. The number of nitrogens with zero attached hydrogens (tertiary/aromatic N) is 1. The van der Waals surface area contributed by atoms with E-state index in [0.29, 0.717) is 18.0 Å². The lowest BCUT2D eigenvalue weighted by atomic mass is 10.0. The van der Waals surface area contributed by atoms with E-state index in [1.165, 1.54) is 4.31 Å². The van der Waals surface area contributed by atoms with E-state index < -0.39 is 16.1 Å². The molecule has 5 heteroatoms. The summed E-state index contributed by atoms with van der Waals surface area (Å²) in [5, 5.41) is 9.68. The third kappa shape index (κ3) is 2.87. The molecule has 1 fully saturated rings. The second-order valence-electron chi connectivity index (χ2n) is 6.24. The summed E-state index contributed by atoms with van der Waals surface area (Å²) in [6.45, 7) is 10.3. The van der Waals surface area contributed by atoms with Crippen LogP contribution in [0.1, 0.15) is 35.6 Å². The van der Waals surface area contributed by atoms with Crippen LogP contribution in [0.15, 0.2) is 11.0 Å². The Labute approximate surface area is 127 Å². The quantitative estimate of drug-likeness (QED) is 0.932. The van der Waals surface area contributed by atoms with Gasteiger partial charge in [-0.25, -0.2) is 8.42 Å². The Kier molecular flexibility index (Phi) is 4.47. The van der Waals surface area contributed by atoms with Crippen LogP contribution in [0.3, 0.4) is 0 Å². The Bertz CT molecular complexity index is 624. The van der Waals surface area contributed by atoms with Gasteiger partial charge in [-0.2, -0.15) is 4.31 Å². The fourth-order valence-electron chi connectivity index (χ4n) is 3.06. The predicted molar refractivity (Wildman–Crippen MR) is 83.9 cm³/mol. The monoisotopic (exact) mass is 311 g/mol. The van der Waals surface area contributed by atoms with E-state index in [1.807, 2.05) is 33.8 Å². The Morgan fingerprint density at radius 3 is 2.14 bits per heavy atom. The Morgan fingerprint density at radius 2 is 1.71 bits per heavy atom. The summed E-state index contributed by atoms with van der Waals surface area (Å²) in [5.41, 5.74) is 3.67. The van der Waals surface area contributed by atoms with E-state index in [-0.39, 0.29) is 5.92 Å². The fraction of sp³-hybridized carbons (Fsp3) is 0.625. The van der Waals surface area contributed by atoms with Crippen LogP contribution in [0.2, 0.25) is 0 Å². The zero-order chi connectivity index (χ0) is 15.9. The fourth-order valence-corrected chi connectivity index (χ4v) is 5.15. The van der Waals surface area contributed by atoms with Crippen molar-refractivity contribution in [2.45, 2.75) is 52.0 Å². The third-order valence-corrected chi connectivity index (χ3v) is 6.90.